The zero-order chi connectivity index (χ0) is 14.3. The van der Waals surface area contributed by atoms with Crippen LogP contribution in [0.2, 0.25) is 0 Å². The van der Waals surface area contributed by atoms with Crippen molar-refractivity contribution in [2.45, 2.75) is 19.4 Å². The second-order valence-electron chi connectivity index (χ2n) is 4.24. The average molecular weight is 263 g/mol. The molecule has 1 aromatic rings. The molecule has 0 fully saturated rings. The van der Waals surface area contributed by atoms with Crippen molar-refractivity contribution in [3.63, 3.8) is 0 Å². The van der Waals surface area contributed by atoms with Crippen molar-refractivity contribution in [2.75, 3.05) is 6.54 Å². The quantitative estimate of drug-likeness (QED) is 0.461. The number of nitro groups is 1. The lowest BCUT2D eigenvalue weighted by Gasteiger charge is -2.04. The molecule has 0 saturated heterocycles. The number of nitrogens with zero attached hydrogens (tertiary/aromatic N) is 1. The lowest BCUT2D eigenvalue weighted by atomic mass is 10.2. The molecular weight excluding hydrogens is 246 g/mol. The summed E-state index contributed by atoms with van der Waals surface area (Å²) >= 11 is 0. The van der Waals surface area contributed by atoms with Gasteiger partial charge in [-0.05, 0) is 37.1 Å². The zero-order valence-electron chi connectivity index (χ0n) is 10.7. The number of benzene rings is 1. The molecule has 3 N–H and O–H groups in total. The van der Waals surface area contributed by atoms with Crippen LogP contribution in [-0.2, 0) is 4.79 Å². The number of hydrogen-bond donors (Lipinski definition) is 2. The largest absolute Gasteiger partial charge is 0.352 e. The minimum Gasteiger partial charge on any atom is -0.352 e. The van der Waals surface area contributed by atoms with Gasteiger partial charge in [-0.2, -0.15) is 0 Å². The molecule has 1 aromatic carbocycles. The first-order valence-corrected chi connectivity index (χ1v) is 5.95. The molecule has 0 bridgehead atoms. The maximum Gasteiger partial charge on any atom is 0.269 e. The third kappa shape index (κ3) is 5.78. The molecule has 0 spiro atoms. The number of carbonyl (C=O) groups excluding carboxylic acids is 1. The topological polar surface area (TPSA) is 98.3 Å². The number of non-ortho nitro benzene ring substituents is 1. The Morgan fingerprint density at radius 3 is 2.63 bits per heavy atom. The van der Waals surface area contributed by atoms with Crippen molar-refractivity contribution in [1.29, 1.82) is 0 Å². The van der Waals surface area contributed by atoms with E-state index in [1.54, 1.807) is 18.2 Å². The summed E-state index contributed by atoms with van der Waals surface area (Å²) in [6.07, 6.45) is 3.71. The van der Waals surface area contributed by atoms with Crippen LogP contribution in [0.15, 0.2) is 30.3 Å². The summed E-state index contributed by atoms with van der Waals surface area (Å²) in [7, 11) is 0. The molecule has 1 amide bonds. The predicted octanol–water partition coefficient (Wildman–Crippen LogP) is 1.46. The van der Waals surface area contributed by atoms with Crippen LogP contribution in [0.3, 0.4) is 0 Å². The highest BCUT2D eigenvalue weighted by Crippen LogP contribution is 2.12. The van der Waals surface area contributed by atoms with Gasteiger partial charge >= 0.3 is 0 Å². The van der Waals surface area contributed by atoms with Crippen LogP contribution in [-0.4, -0.2) is 23.4 Å². The Morgan fingerprint density at radius 1 is 1.47 bits per heavy atom. The molecule has 0 aliphatic carbocycles. The summed E-state index contributed by atoms with van der Waals surface area (Å²) in [4.78, 5) is 21.4. The Morgan fingerprint density at radius 2 is 2.11 bits per heavy atom. The Labute approximate surface area is 111 Å². The molecule has 0 radical (unpaired) electrons. The minimum atomic E-state index is -0.464. The van der Waals surface area contributed by atoms with Crippen LogP contribution in [0.1, 0.15) is 18.9 Å². The molecule has 6 nitrogen and oxygen atoms in total. The van der Waals surface area contributed by atoms with Crippen molar-refractivity contribution in [2.24, 2.45) is 5.73 Å². The van der Waals surface area contributed by atoms with E-state index in [-0.39, 0.29) is 17.6 Å². The van der Waals surface area contributed by atoms with Gasteiger partial charge in [0.15, 0.2) is 0 Å². The van der Waals surface area contributed by atoms with E-state index < -0.39 is 4.92 Å². The third-order valence-corrected chi connectivity index (χ3v) is 2.43. The van der Waals surface area contributed by atoms with E-state index in [1.807, 2.05) is 6.92 Å². The fourth-order valence-corrected chi connectivity index (χ4v) is 1.36. The average Bonchev–Trinajstić information content (AvgIpc) is 2.36. The van der Waals surface area contributed by atoms with E-state index in [4.69, 9.17) is 5.73 Å². The van der Waals surface area contributed by atoms with E-state index in [2.05, 4.69) is 5.32 Å². The van der Waals surface area contributed by atoms with Crippen LogP contribution >= 0.6 is 0 Å². The first kappa shape index (κ1) is 14.8. The van der Waals surface area contributed by atoms with Gasteiger partial charge in [0.2, 0.25) is 5.91 Å². The second-order valence-corrected chi connectivity index (χ2v) is 4.24. The van der Waals surface area contributed by atoms with Gasteiger partial charge in [-0.3, -0.25) is 14.9 Å². The molecule has 19 heavy (non-hydrogen) atoms. The Bertz CT molecular complexity index is 467. The summed E-state index contributed by atoms with van der Waals surface area (Å²) in [5.74, 6) is -0.209. The third-order valence-electron chi connectivity index (χ3n) is 2.43. The van der Waals surface area contributed by atoms with Crippen molar-refractivity contribution in [1.82, 2.24) is 5.32 Å². The highest BCUT2D eigenvalue weighted by atomic mass is 16.6. The maximum atomic E-state index is 11.4. The molecule has 0 aromatic heterocycles. The summed E-state index contributed by atoms with van der Waals surface area (Å²) in [5.41, 5.74) is 6.31. The smallest absolute Gasteiger partial charge is 0.269 e. The van der Waals surface area contributed by atoms with Gasteiger partial charge in [0.05, 0.1) is 4.92 Å². The van der Waals surface area contributed by atoms with Crippen LogP contribution < -0.4 is 11.1 Å². The van der Waals surface area contributed by atoms with Gasteiger partial charge in [-0.25, -0.2) is 0 Å². The molecular formula is C13H17N3O3. The van der Waals surface area contributed by atoms with E-state index in [0.29, 0.717) is 6.54 Å². The second kappa shape index (κ2) is 7.27. The Balaban J connectivity index is 2.47. The van der Waals surface area contributed by atoms with E-state index in [0.717, 1.165) is 12.0 Å². The number of amides is 1. The van der Waals surface area contributed by atoms with E-state index in [9.17, 15) is 14.9 Å². The van der Waals surface area contributed by atoms with Gasteiger partial charge in [0, 0.05) is 30.8 Å². The van der Waals surface area contributed by atoms with Gasteiger partial charge in [-0.15, -0.1) is 0 Å². The Kier molecular flexibility index (Phi) is 5.69. The molecule has 1 atom stereocenters. The number of nitrogens with one attached hydrogen (secondary N) is 1. The molecule has 0 aliphatic heterocycles. The molecule has 1 unspecified atom stereocenters. The van der Waals surface area contributed by atoms with Gasteiger partial charge < -0.3 is 11.1 Å². The fourth-order valence-electron chi connectivity index (χ4n) is 1.36. The zero-order valence-corrected chi connectivity index (χ0v) is 10.7. The number of nitro benzene ring substituents is 1. The van der Waals surface area contributed by atoms with Crippen LogP contribution in [0.4, 0.5) is 5.69 Å². The van der Waals surface area contributed by atoms with Crippen LogP contribution in [0.25, 0.3) is 6.08 Å². The van der Waals surface area contributed by atoms with Crippen LogP contribution in [0.5, 0.6) is 0 Å². The van der Waals surface area contributed by atoms with Crippen LogP contribution in [0, 0.1) is 10.1 Å². The van der Waals surface area contributed by atoms with Gasteiger partial charge in [0.25, 0.3) is 5.69 Å². The van der Waals surface area contributed by atoms with Crippen molar-refractivity contribution < 1.29 is 9.72 Å². The summed E-state index contributed by atoms with van der Waals surface area (Å²) in [6.45, 7) is 2.40. The number of carbonyl (C=O) groups is 1. The molecule has 6 heteroatoms. The molecule has 0 aliphatic rings. The van der Waals surface area contributed by atoms with E-state index in [1.165, 1.54) is 18.2 Å². The predicted molar refractivity (Wildman–Crippen MR) is 73.4 cm³/mol. The minimum absolute atomic E-state index is 0.0264. The normalized spacial score (nSPS) is 12.3. The lowest BCUT2D eigenvalue weighted by molar-refractivity contribution is -0.384. The number of hydrogen-bond acceptors (Lipinski definition) is 4. The Hall–Kier alpha value is -2.21. The van der Waals surface area contributed by atoms with Crippen molar-refractivity contribution >= 4 is 17.7 Å². The van der Waals surface area contributed by atoms with Gasteiger partial charge in [0.1, 0.15) is 0 Å². The number of nitrogens with two attached hydrogens (primary N) is 1. The molecule has 102 valence electrons. The van der Waals surface area contributed by atoms with Crippen molar-refractivity contribution in [3.8, 4) is 0 Å². The lowest BCUT2D eigenvalue weighted by Crippen LogP contribution is -2.27. The van der Waals surface area contributed by atoms with Crippen molar-refractivity contribution in [3.05, 3.63) is 46.0 Å². The fraction of sp³-hybridized carbons (Fsp3) is 0.308. The monoisotopic (exact) mass is 263 g/mol. The highest BCUT2D eigenvalue weighted by molar-refractivity contribution is 5.91. The molecule has 1 rings (SSSR count). The van der Waals surface area contributed by atoms with Gasteiger partial charge in [-0.1, -0.05) is 0 Å². The molecule has 0 saturated carbocycles. The first-order chi connectivity index (χ1) is 8.99. The van der Waals surface area contributed by atoms with E-state index >= 15 is 0 Å². The summed E-state index contributed by atoms with van der Waals surface area (Å²) in [6, 6.07) is 6.02. The first-order valence-electron chi connectivity index (χ1n) is 5.95. The summed E-state index contributed by atoms with van der Waals surface area (Å²) < 4.78 is 0. The summed E-state index contributed by atoms with van der Waals surface area (Å²) in [5, 5.41) is 13.2. The highest BCUT2D eigenvalue weighted by Gasteiger charge is 2.02. The number of rotatable bonds is 6. The molecule has 0 heterocycles. The maximum absolute atomic E-state index is 11.4. The SMILES string of the molecule is CC(N)CCNC(=O)/C=C/c1ccc([N+](=O)[O-])cc1. The standard InChI is InChI=1S/C13H17N3O3/c1-10(14)8-9-15-13(17)7-4-11-2-5-12(6-3-11)16(18)19/h2-7,10H,8-9,14H2,1H3,(H,15,17)/b7-4+.